The molecule has 100 valence electrons. The highest BCUT2D eigenvalue weighted by atomic mass is 16.3. The first-order valence-corrected chi connectivity index (χ1v) is 6.59. The summed E-state index contributed by atoms with van der Waals surface area (Å²) in [5.74, 6) is 1.02. The molecule has 1 aliphatic carbocycles. The van der Waals surface area contributed by atoms with Crippen molar-refractivity contribution in [1.29, 1.82) is 0 Å². The first kappa shape index (κ1) is 12.4. The standard InChI is InChI=1S/C15H19N3O/c1-17-8-7-16-14(17)10-18(2)13-9-11-5-3-4-6-12(11)15(13)19/h3-8,13,15,19H,9-10H2,1-2H3. The number of aliphatic hydroxyl groups excluding tert-OH is 1. The Balaban J connectivity index is 1.76. The number of aliphatic hydroxyl groups is 1. The van der Waals surface area contributed by atoms with Crippen LogP contribution >= 0.6 is 0 Å². The molecule has 0 amide bonds. The molecule has 2 unspecified atom stereocenters. The largest absolute Gasteiger partial charge is 0.387 e. The molecule has 2 atom stereocenters. The van der Waals surface area contributed by atoms with E-state index in [1.54, 1.807) is 0 Å². The van der Waals surface area contributed by atoms with Gasteiger partial charge in [-0.3, -0.25) is 4.90 Å². The Bertz CT molecular complexity index is 578. The van der Waals surface area contributed by atoms with E-state index in [9.17, 15) is 5.11 Å². The Morgan fingerprint density at radius 2 is 2.21 bits per heavy atom. The minimum absolute atomic E-state index is 0.133. The zero-order valence-corrected chi connectivity index (χ0v) is 11.3. The van der Waals surface area contributed by atoms with Crippen LogP contribution in [0.5, 0.6) is 0 Å². The Kier molecular flexibility index (Phi) is 3.12. The van der Waals surface area contributed by atoms with Crippen molar-refractivity contribution < 1.29 is 5.11 Å². The fourth-order valence-electron chi connectivity index (χ4n) is 2.84. The van der Waals surface area contributed by atoms with Crippen LogP contribution in [-0.4, -0.2) is 32.6 Å². The summed E-state index contributed by atoms with van der Waals surface area (Å²) in [6, 6.07) is 8.28. The number of aryl methyl sites for hydroxylation is 1. The van der Waals surface area contributed by atoms with Gasteiger partial charge in [0.05, 0.1) is 12.6 Å². The van der Waals surface area contributed by atoms with Gasteiger partial charge in [-0.2, -0.15) is 0 Å². The Hall–Kier alpha value is -1.65. The first-order chi connectivity index (χ1) is 9.16. The van der Waals surface area contributed by atoms with Gasteiger partial charge in [0, 0.05) is 25.5 Å². The third-order valence-corrected chi connectivity index (χ3v) is 4.05. The van der Waals surface area contributed by atoms with E-state index in [4.69, 9.17) is 0 Å². The summed E-state index contributed by atoms with van der Waals surface area (Å²) in [6.45, 7) is 0.749. The van der Waals surface area contributed by atoms with E-state index < -0.39 is 6.10 Å². The molecule has 0 saturated heterocycles. The van der Waals surface area contributed by atoms with Crippen molar-refractivity contribution in [2.75, 3.05) is 7.05 Å². The van der Waals surface area contributed by atoms with Crippen molar-refractivity contribution in [1.82, 2.24) is 14.5 Å². The lowest BCUT2D eigenvalue weighted by Crippen LogP contribution is -2.35. The van der Waals surface area contributed by atoms with Crippen LogP contribution in [0.1, 0.15) is 23.1 Å². The van der Waals surface area contributed by atoms with Gasteiger partial charge in [0.1, 0.15) is 5.82 Å². The van der Waals surface area contributed by atoms with Gasteiger partial charge in [0.15, 0.2) is 0 Å². The summed E-state index contributed by atoms with van der Waals surface area (Å²) in [5.41, 5.74) is 2.32. The van der Waals surface area contributed by atoms with Crippen LogP contribution in [0.2, 0.25) is 0 Å². The number of fused-ring (bicyclic) bond motifs is 1. The van der Waals surface area contributed by atoms with E-state index in [0.717, 1.165) is 24.4 Å². The number of hydrogen-bond acceptors (Lipinski definition) is 3. The van der Waals surface area contributed by atoms with Crippen LogP contribution in [0, 0.1) is 0 Å². The molecule has 1 heterocycles. The van der Waals surface area contributed by atoms with E-state index in [1.165, 1.54) is 5.56 Å². The summed E-state index contributed by atoms with van der Waals surface area (Å²) in [7, 11) is 4.05. The SMILES string of the molecule is CN(Cc1nccn1C)C1Cc2ccccc2C1O. The number of rotatable bonds is 3. The van der Waals surface area contributed by atoms with Crippen LogP contribution in [0.3, 0.4) is 0 Å². The third kappa shape index (κ3) is 2.17. The fraction of sp³-hybridized carbons (Fsp3) is 0.400. The highest BCUT2D eigenvalue weighted by Crippen LogP contribution is 2.34. The second kappa shape index (κ2) is 4.79. The van der Waals surface area contributed by atoms with Gasteiger partial charge >= 0.3 is 0 Å². The van der Waals surface area contributed by atoms with Crippen molar-refractivity contribution in [3.05, 3.63) is 53.6 Å². The lowest BCUT2D eigenvalue weighted by molar-refractivity contribution is 0.0703. The molecule has 0 aliphatic heterocycles. The topological polar surface area (TPSA) is 41.3 Å². The van der Waals surface area contributed by atoms with Gasteiger partial charge < -0.3 is 9.67 Å². The maximum atomic E-state index is 10.4. The van der Waals surface area contributed by atoms with Gasteiger partial charge in [0.25, 0.3) is 0 Å². The zero-order valence-electron chi connectivity index (χ0n) is 11.3. The minimum atomic E-state index is -0.401. The van der Waals surface area contributed by atoms with E-state index >= 15 is 0 Å². The number of likely N-dealkylation sites (N-methyl/N-ethyl adjacent to an activating group) is 1. The van der Waals surface area contributed by atoms with Gasteiger partial charge in [-0.05, 0) is 24.6 Å². The van der Waals surface area contributed by atoms with Crippen LogP contribution in [-0.2, 0) is 20.0 Å². The second-order valence-electron chi connectivity index (χ2n) is 5.28. The van der Waals surface area contributed by atoms with Crippen LogP contribution in [0.15, 0.2) is 36.7 Å². The summed E-state index contributed by atoms with van der Waals surface area (Å²) in [4.78, 5) is 6.53. The van der Waals surface area contributed by atoms with Crippen molar-refractivity contribution in [2.24, 2.45) is 7.05 Å². The van der Waals surface area contributed by atoms with E-state index in [-0.39, 0.29) is 6.04 Å². The molecule has 0 fully saturated rings. The number of aromatic nitrogens is 2. The quantitative estimate of drug-likeness (QED) is 0.906. The molecule has 0 spiro atoms. The average Bonchev–Trinajstić information content (AvgIpc) is 2.95. The molecule has 3 rings (SSSR count). The normalized spacial score (nSPS) is 21.9. The molecular weight excluding hydrogens is 238 g/mol. The summed E-state index contributed by atoms with van der Waals surface area (Å²) in [6.07, 6.45) is 4.26. The summed E-state index contributed by atoms with van der Waals surface area (Å²) >= 11 is 0. The summed E-state index contributed by atoms with van der Waals surface area (Å²) < 4.78 is 2.02. The third-order valence-electron chi connectivity index (χ3n) is 4.05. The lowest BCUT2D eigenvalue weighted by Gasteiger charge is -2.26. The van der Waals surface area contributed by atoms with Gasteiger partial charge in [-0.1, -0.05) is 24.3 Å². The van der Waals surface area contributed by atoms with Gasteiger partial charge in [0.2, 0.25) is 0 Å². The van der Waals surface area contributed by atoms with Crippen molar-refractivity contribution in [3.8, 4) is 0 Å². The van der Waals surface area contributed by atoms with E-state index in [1.807, 2.05) is 42.2 Å². The number of imidazole rings is 1. The zero-order chi connectivity index (χ0) is 13.4. The maximum Gasteiger partial charge on any atom is 0.122 e. The molecule has 1 aromatic heterocycles. The minimum Gasteiger partial charge on any atom is -0.387 e. The monoisotopic (exact) mass is 257 g/mol. The van der Waals surface area contributed by atoms with Crippen LogP contribution in [0.25, 0.3) is 0 Å². The fourth-order valence-corrected chi connectivity index (χ4v) is 2.84. The molecule has 4 nitrogen and oxygen atoms in total. The van der Waals surface area contributed by atoms with Crippen molar-refractivity contribution in [2.45, 2.75) is 25.1 Å². The molecule has 0 saturated carbocycles. The molecule has 19 heavy (non-hydrogen) atoms. The number of benzene rings is 1. The Labute approximate surface area is 113 Å². The predicted molar refractivity (Wildman–Crippen MR) is 73.6 cm³/mol. The van der Waals surface area contributed by atoms with Crippen molar-refractivity contribution in [3.63, 3.8) is 0 Å². The van der Waals surface area contributed by atoms with Crippen molar-refractivity contribution >= 4 is 0 Å². The van der Waals surface area contributed by atoms with E-state index in [0.29, 0.717) is 0 Å². The lowest BCUT2D eigenvalue weighted by atomic mass is 10.1. The number of nitrogens with zero attached hydrogens (tertiary/aromatic N) is 3. The number of hydrogen-bond donors (Lipinski definition) is 1. The molecule has 2 aromatic rings. The highest BCUT2D eigenvalue weighted by Gasteiger charge is 2.33. The Morgan fingerprint density at radius 3 is 2.89 bits per heavy atom. The van der Waals surface area contributed by atoms with E-state index in [2.05, 4.69) is 23.0 Å². The molecule has 4 heteroatoms. The molecule has 0 bridgehead atoms. The molecular formula is C15H19N3O. The van der Waals surface area contributed by atoms with Gasteiger partial charge in [-0.25, -0.2) is 4.98 Å². The second-order valence-corrected chi connectivity index (χ2v) is 5.28. The average molecular weight is 257 g/mol. The van der Waals surface area contributed by atoms with Gasteiger partial charge in [-0.15, -0.1) is 0 Å². The molecule has 0 radical (unpaired) electrons. The predicted octanol–water partition coefficient (Wildman–Crippen LogP) is 1.51. The summed E-state index contributed by atoms with van der Waals surface area (Å²) in [5, 5.41) is 10.4. The highest BCUT2D eigenvalue weighted by molar-refractivity contribution is 5.35. The van der Waals surface area contributed by atoms with Crippen LogP contribution in [0.4, 0.5) is 0 Å². The molecule has 1 aromatic carbocycles. The molecule has 1 N–H and O–H groups in total. The Morgan fingerprint density at radius 1 is 1.42 bits per heavy atom. The first-order valence-electron chi connectivity index (χ1n) is 6.59. The smallest absolute Gasteiger partial charge is 0.122 e. The molecule has 1 aliphatic rings. The van der Waals surface area contributed by atoms with Crippen LogP contribution < -0.4 is 0 Å². The maximum absolute atomic E-state index is 10.4.